The maximum atomic E-state index is 11.9. The van der Waals surface area contributed by atoms with Gasteiger partial charge in [-0.05, 0) is 31.5 Å². The Morgan fingerprint density at radius 3 is 2.59 bits per heavy atom. The fraction of sp³-hybridized carbons (Fsp3) is 0.474. The lowest BCUT2D eigenvalue weighted by Gasteiger charge is -2.37. The average molecular weight is 373 g/mol. The van der Waals surface area contributed by atoms with Gasteiger partial charge in [-0.2, -0.15) is 0 Å². The molecule has 1 N–H and O–H groups in total. The van der Waals surface area contributed by atoms with Crippen molar-refractivity contribution in [1.29, 1.82) is 0 Å². The summed E-state index contributed by atoms with van der Waals surface area (Å²) in [6.45, 7) is 7.56. The average Bonchev–Trinajstić information content (AvgIpc) is 3.24. The van der Waals surface area contributed by atoms with Crippen molar-refractivity contribution in [3.8, 4) is 11.5 Å². The Hall–Kier alpha value is -2.58. The first-order valence-electron chi connectivity index (χ1n) is 9.03. The molecule has 0 radical (unpaired) electrons. The number of benzene rings is 1. The standard InChI is InChI=1S/C19H23N3O5/c1-12-17(13(2)27-20-12)18(19(23)24)22-7-5-21(6-8-22)10-14-3-4-15-16(9-14)26-11-25-15/h3-4,9,18H,5-8,10-11H2,1-2H3,(H,23,24)/t18-/m1/s1. The number of nitrogens with zero attached hydrogens (tertiary/aromatic N) is 3. The second-order valence-electron chi connectivity index (χ2n) is 6.98. The van der Waals surface area contributed by atoms with Gasteiger partial charge in [0.25, 0.3) is 0 Å². The van der Waals surface area contributed by atoms with Gasteiger partial charge in [0.2, 0.25) is 6.79 Å². The Kier molecular flexibility index (Phi) is 4.75. The molecule has 2 aliphatic heterocycles. The highest BCUT2D eigenvalue weighted by molar-refractivity contribution is 5.76. The van der Waals surface area contributed by atoms with E-state index < -0.39 is 12.0 Å². The van der Waals surface area contributed by atoms with Crippen molar-refractivity contribution < 1.29 is 23.9 Å². The van der Waals surface area contributed by atoms with Crippen molar-refractivity contribution in [2.75, 3.05) is 33.0 Å². The first-order chi connectivity index (χ1) is 13.0. The van der Waals surface area contributed by atoms with Crippen LogP contribution in [0.15, 0.2) is 22.7 Å². The lowest BCUT2D eigenvalue weighted by Crippen LogP contribution is -2.49. The van der Waals surface area contributed by atoms with Crippen LogP contribution >= 0.6 is 0 Å². The van der Waals surface area contributed by atoms with Crippen LogP contribution in [0.2, 0.25) is 0 Å². The summed E-state index contributed by atoms with van der Waals surface area (Å²) in [7, 11) is 0. The van der Waals surface area contributed by atoms with E-state index in [-0.39, 0.29) is 6.79 Å². The van der Waals surface area contributed by atoms with Crippen molar-refractivity contribution in [3.05, 3.63) is 40.8 Å². The third-order valence-corrected chi connectivity index (χ3v) is 5.21. The number of ether oxygens (including phenoxy) is 2. The van der Waals surface area contributed by atoms with Gasteiger partial charge in [0, 0.05) is 38.3 Å². The number of hydrogen-bond acceptors (Lipinski definition) is 7. The van der Waals surface area contributed by atoms with Crippen molar-refractivity contribution in [1.82, 2.24) is 15.0 Å². The lowest BCUT2D eigenvalue weighted by molar-refractivity contribution is -0.144. The van der Waals surface area contributed by atoms with Crippen LogP contribution in [0.1, 0.15) is 28.6 Å². The van der Waals surface area contributed by atoms with E-state index in [1.165, 1.54) is 0 Å². The van der Waals surface area contributed by atoms with E-state index in [1.54, 1.807) is 13.8 Å². The van der Waals surface area contributed by atoms with Crippen molar-refractivity contribution in [2.24, 2.45) is 0 Å². The quantitative estimate of drug-likeness (QED) is 0.851. The molecule has 1 saturated heterocycles. The molecule has 0 spiro atoms. The molecule has 0 aliphatic carbocycles. The minimum atomic E-state index is -0.867. The fourth-order valence-corrected chi connectivity index (χ4v) is 3.82. The Balaban J connectivity index is 1.41. The first kappa shape index (κ1) is 17.8. The van der Waals surface area contributed by atoms with Gasteiger partial charge < -0.3 is 19.1 Å². The molecule has 0 saturated carbocycles. The summed E-state index contributed by atoms with van der Waals surface area (Å²) in [6, 6.07) is 5.28. The molecule has 1 atom stereocenters. The number of carbonyl (C=O) groups is 1. The molecular weight excluding hydrogens is 350 g/mol. The summed E-state index contributed by atoms with van der Waals surface area (Å²) < 4.78 is 16.0. The van der Waals surface area contributed by atoms with Gasteiger partial charge in [-0.15, -0.1) is 0 Å². The monoisotopic (exact) mass is 373 g/mol. The van der Waals surface area contributed by atoms with Crippen LogP contribution in [0.5, 0.6) is 11.5 Å². The topological polar surface area (TPSA) is 88.3 Å². The highest BCUT2D eigenvalue weighted by Crippen LogP contribution is 2.33. The van der Waals surface area contributed by atoms with E-state index in [9.17, 15) is 9.90 Å². The zero-order valence-corrected chi connectivity index (χ0v) is 15.5. The number of rotatable bonds is 5. The number of carboxylic acids is 1. The highest BCUT2D eigenvalue weighted by Gasteiger charge is 2.34. The largest absolute Gasteiger partial charge is 0.480 e. The van der Waals surface area contributed by atoms with E-state index in [2.05, 4.69) is 10.1 Å². The van der Waals surface area contributed by atoms with Crippen LogP contribution in [-0.2, 0) is 11.3 Å². The molecule has 8 nitrogen and oxygen atoms in total. The molecule has 3 heterocycles. The second-order valence-corrected chi connectivity index (χ2v) is 6.98. The smallest absolute Gasteiger partial charge is 0.325 e. The first-order valence-corrected chi connectivity index (χ1v) is 9.03. The molecule has 1 aromatic heterocycles. The Bertz CT molecular complexity index is 822. The van der Waals surface area contributed by atoms with Crippen LogP contribution in [-0.4, -0.2) is 59.0 Å². The molecular formula is C19H23N3O5. The van der Waals surface area contributed by atoms with E-state index in [1.807, 2.05) is 23.1 Å². The van der Waals surface area contributed by atoms with Gasteiger partial charge in [0.1, 0.15) is 11.8 Å². The zero-order chi connectivity index (χ0) is 19.0. The molecule has 0 amide bonds. The second kappa shape index (κ2) is 7.21. The summed E-state index contributed by atoms with van der Waals surface area (Å²) >= 11 is 0. The minimum absolute atomic E-state index is 0.274. The fourth-order valence-electron chi connectivity index (χ4n) is 3.82. The molecule has 8 heteroatoms. The van der Waals surface area contributed by atoms with Crippen LogP contribution in [0.4, 0.5) is 0 Å². The molecule has 4 rings (SSSR count). The normalized spacial score (nSPS) is 18.6. The summed E-state index contributed by atoms with van der Waals surface area (Å²) in [5.41, 5.74) is 2.47. The third-order valence-electron chi connectivity index (χ3n) is 5.21. The van der Waals surface area contributed by atoms with Crippen LogP contribution in [0, 0.1) is 13.8 Å². The number of aryl methyl sites for hydroxylation is 2. The van der Waals surface area contributed by atoms with Crippen molar-refractivity contribution in [2.45, 2.75) is 26.4 Å². The zero-order valence-electron chi connectivity index (χ0n) is 15.5. The predicted octanol–water partition coefficient (Wildman–Crippen LogP) is 1.96. The van der Waals surface area contributed by atoms with Crippen LogP contribution in [0.3, 0.4) is 0 Å². The summed E-state index contributed by atoms with van der Waals surface area (Å²) in [6.07, 6.45) is 0. The van der Waals surface area contributed by atoms with Gasteiger partial charge in [0.15, 0.2) is 11.5 Å². The number of piperazine rings is 1. The maximum absolute atomic E-state index is 11.9. The van der Waals surface area contributed by atoms with E-state index >= 15 is 0 Å². The van der Waals surface area contributed by atoms with Gasteiger partial charge >= 0.3 is 5.97 Å². The molecule has 2 aliphatic rings. The number of aromatic nitrogens is 1. The highest BCUT2D eigenvalue weighted by atomic mass is 16.7. The lowest BCUT2D eigenvalue weighted by atomic mass is 10.0. The SMILES string of the molecule is Cc1noc(C)c1[C@H](C(=O)O)N1CCN(Cc2ccc3c(c2)OCO3)CC1. The molecule has 1 fully saturated rings. The molecule has 27 heavy (non-hydrogen) atoms. The predicted molar refractivity (Wildman–Crippen MR) is 95.8 cm³/mol. The Labute approximate surface area is 157 Å². The van der Waals surface area contributed by atoms with Crippen molar-refractivity contribution >= 4 is 5.97 Å². The molecule has 144 valence electrons. The number of aliphatic carboxylic acids is 1. The Morgan fingerprint density at radius 1 is 1.19 bits per heavy atom. The number of fused-ring (bicyclic) bond motifs is 1. The summed E-state index contributed by atoms with van der Waals surface area (Å²) in [5, 5.41) is 13.7. The minimum Gasteiger partial charge on any atom is -0.480 e. The van der Waals surface area contributed by atoms with Gasteiger partial charge in [-0.1, -0.05) is 11.2 Å². The maximum Gasteiger partial charge on any atom is 0.325 e. The molecule has 0 unspecified atom stereocenters. The van der Waals surface area contributed by atoms with E-state index in [4.69, 9.17) is 14.0 Å². The van der Waals surface area contributed by atoms with E-state index in [0.29, 0.717) is 30.1 Å². The molecule has 1 aromatic carbocycles. The van der Waals surface area contributed by atoms with Crippen LogP contribution in [0.25, 0.3) is 0 Å². The van der Waals surface area contributed by atoms with Gasteiger partial charge in [-0.25, -0.2) is 0 Å². The molecule has 2 aromatic rings. The number of carboxylic acid groups (broad SMARTS) is 1. The van der Waals surface area contributed by atoms with Crippen molar-refractivity contribution in [3.63, 3.8) is 0 Å². The summed E-state index contributed by atoms with van der Waals surface area (Å²) in [5.74, 6) is 1.28. The third kappa shape index (κ3) is 3.50. The summed E-state index contributed by atoms with van der Waals surface area (Å²) in [4.78, 5) is 16.2. The van der Waals surface area contributed by atoms with Gasteiger partial charge in [-0.3, -0.25) is 14.6 Å². The number of hydrogen-bond donors (Lipinski definition) is 1. The van der Waals surface area contributed by atoms with Crippen LogP contribution < -0.4 is 9.47 Å². The van der Waals surface area contributed by atoms with Gasteiger partial charge in [0.05, 0.1) is 5.69 Å². The molecule has 0 bridgehead atoms. The Morgan fingerprint density at radius 2 is 1.93 bits per heavy atom. The van der Waals surface area contributed by atoms with E-state index in [0.717, 1.165) is 36.7 Å².